The number of hydrogen-bond acceptors (Lipinski definition) is 4. The van der Waals surface area contributed by atoms with Gasteiger partial charge in [0.25, 0.3) is 0 Å². The zero-order valence-electron chi connectivity index (χ0n) is 9.43. The molecule has 4 nitrogen and oxygen atoms in total. The highest BCUT2D eigenvalue weighted by Gasteiger charge is 2.26. The first-order valence-corrected chi connectivity index (χ1v) is 6.02. The average Bonchev–Trinajstić information content (AvgIpc) is 2.30. The molecule has 0 aromatic carbocycles. The lowest BCUT2D eigenvalue weighted by atomic mass is 9.93. The Morgan fingerprint density at radius 1 is 1.50 bits per heavy atom. The van der Waals surface area contributed by atoms with Crippen LogP contribution in [0.15, 0.2) is 12.4 Å². The molecule has 16 heavy (non-hydrogen) atoms. The molecule has 0 spiro atoms. The number of halogens is 1. The van der Waals surface area contributed by atoms with Crippen LogP contribution >= 0.6 is 11.6 Å². The molecule has 0 radical (unpaired) electrons. The maximum absolute atomic E-state index is 5.80. The second-order valence-electron chi connectivity index (χ2n) is 4.41. The van der Waals surface area contributed by atoms with E-state index in [4.69, 9.17) is 17.3 Å². The fourth-order valence-corrected chi connectivity index (χ4v) is 2.29. The van der Waals surface area contributed by atoms with Crippen molar-refractivity contribution in [2.45, 2.75) is 25.8 Å². The molecule has 2 unspecified atom stereocenters. The molecule has 5 heteroatoms. The number of rotatable bonds is 2. The van der Waals surface area contributed by atoms with Crippen molar-refractivity contribution in [1.82, 2.24) is 9.97 Å². The number of anilines is 1. The van der Waals surface area contributed by atoms with Gasteiger partial charge in [0.05, 0.1) is 17.4 Å². The Balaban J connectivity index is 2.15. The topological polar surface area (TPSA) is 55.0 Å². The van der Waals surface area contributed by atoms with Gasteiger partial charge in [-0.3, -0.25) is 0 Å². The molecular weight excluding hydrogens is 224 g/mol. The number of nitrogens with two attached hydrogens (primary N) is 1. The van der Waals surface area contributed by atoms with Gasteiger partial charge < -0.3 is 10.6 Å². The summed E-state index contributed by atoms with van der Waals surface area (Å²) in [6.45, 7) is 3.89. The summed E-state index contributed by atoms with van der Waals surface area (Å²) in [7, 11) is 0. The first-order valence-electron chi connectivity index (χ1n) is 5.65. The Morgan fingerprint density at radius 2 is 2.19 bits per heavy atom. The summed E-state index contributed by atoms with van der Waals surface area (Å²) in [6.07, 6.45) is 5.55. The zero-order chi connectivity index (χ0) is 11.5. The molecule has 1 aliphatic heterocycles. The molecule has 0 amide bonds. The van der Waals surface area contributed by atoms with E-state index in [-0.39, 0.29) is 0 Å². The van der Waals surface area contributed by atoms with Crippen LogP contribution in [-0.4, -0.2) is 29.1 Å². The van der Waals surface area contributed by atoms with Gasteiger partial charge in [-0.2, -0.15) is 0 Å². The molecule has 2 rings (SSSR count). The average molecular weight is 241 g/mol. The van der Waals surface area contributed by atoms with Crippen LogP contribution in [0.4, 0.5) is 5.95 Å². The first-order chi connectivity index (χ1) is 7.70. The van der Waals surface area contributed by atoms with Crippen molar-refractivity contribution in [3.05, 3.63) is 17.4 Å². The van der Waals surface area contributed by atoms with Crippen molar-refractivity contribution >= 4 is 17.5 Å². The second-order valence-corrected chi connectivity index (χ2v) is 4.85. The van der Waals surface area contributed by atoms with E-state index in [9.17, 15) is 0 Å². The predicted octanol–water partition coefficient (Wildman–Crippen LogP) is 1.69. The maximum Gasteiger partial charge on any atom is 0.225 e. The fourth-order valence-electron chi connectivity index (χ4n) is 2.19. The van der Waals surface area contributed by atoms with E-state index in [1.807, 2.05) is 0 Å². The Bertz CT molecular complexity index is 340. The van der Waals surface area contributed by atoms with Crippen LogP contribution in [-0.2, 0) is 0 Å². The minimum Gasteiger partial charge on any atom is -0.337 e. The highest BCUT2D eigenvalue weighted by Crippen LogP contribution is 2.25. The van der Waals surface area contributed by atoms with E-state index in [0.717, 1.165) is 24.8 Å². The number of aromatic nitrogens is 2. The monoisotopic (exact) mass is 240 g/mol. The van der Waals surface area contributed by atoms with Gasteiger partial charge in [-0.15, -0.1) is 0 Å². The molecule has 1 aromatic rings. The summed E-state index contributed by atoms with van der Waals surface area (Å²) in [5, 5.41) is 0.568. The van der Waals surface area contributed by atoms with Gasteiger partial charge in [-0.25, -0.2) is 9.97 Å². The third kappa shape index (κ3) is 2.44. The number of piperidine rings is 1. The zero-order valence-corrected chi connectivity index (χ0v) is 10.2. The molecule has 1 aromatic heterocycles. The Hall–Kier alpha value is -0.870. The maximum atomic E-state index is 5.80. The molecule has 1 aliphatic rings. The van der Waals surface area contributed by atoms with Gasteiger partial charge in [-0.05, 0) is 18.8 Å². The smallest absolute Gasteiger partial charge is 0.225 e. The van der Waals surface area contributed by atoms with Crippen molar-refractivity contribution in [2.24, 2.45) is 11.7 Å². The second kappa shape index (κ2) is 4.97. The van der Waals surface area contributed by atoms with Crippen LogP contribution in [0.2, 0.25) is 5.02 Å². The molecule has 2 atom stereocenters. The lowest BCUT2D eigenvalue weighted by Gasteiger charge is -2.37. The Kier molecular flexibility index (Phi) is 3.61. The molecule has 2 N–H and O–H groups in total. The molecular formula is C11H17ClN4. The summed E-state index contributed by atoms with van der Waals surface area (Å²) in [6, 6.07) is 0.352. The molecule has 0 aliphatic carbocycles. The van der Waals surface area contributed by atoms with Crippen LogP contribution in [0.5, 0.6) is 0 Å². The van der Waals surface area contributed by atoms with E-state index in [0.29, 0.717) is 17.6 Å². The molecule has 0 bridgehead atoms. The number of nitrogens with zero attached hydrogens (tertiary/aromatic N) is 3. The van der Waals surface area contributed by atoms with Crippen LogP contribution in [0.1, 0.15) is 19.8 Å². The van der Waals surface area contributed by atoms with Gasteiger partial charge in [-0.1, -0.05) is 18.5 Å². The van der Waals surface area contributed by atoms with Crippen molar-refractivity contribution in [3.8, 4) is 0 Å². The van der Waals surface area contributed by atoms with Gasteiger partial charge >= 0.3 is 0 Å². The predicted molar refractivity (Wildman–Crippen MR) is 65.6 cm³/mol. The van der Waals surface area contributed by atoms with Crippen LogP contribution in [0.25, 0.3) is 0 Å². The van der Waals surface area contributed by atoms with E-state index < -0.39 is 0 Å². The molecule has 2 heterocycles. The van der Waals surface area contributed by atoms with E-state index in [2.05, 4.69) is 21.8 Å². The number of hydrogen-bond donors (Lipinski definition) is 1. The first kappa shape index (κ1) is 11.6. The van der Waals surface area contributed by atoms with Gasteiger partial charge in [0.1, 0.15) is 0 Å². The molecule has 88 valence electrons. The third-order valence-electron chi connectivity index (χ3n) is 3.11. The molecule has 1 fully saturated rings. The lowest BCUT2D eigenvalue weighted by molar-refractivity contribution is 0.363. The summed E-state index contributed by atoms with van der Waals surface area (Å²) in [4.78, 5) is 10.7. The van der Waals surface area contributed by atoms with Crippen molar-refractivity contribution in [2.75, 3.05) is 18.0 Å². The minimum absolute atomic E-state index is 0.352. The van der Waals surface area contributed by atoms with Crippen molar-refractivity contribution in [3.63, 3.8) is 0 Å². The van der Waals surface area contributed by atoms with E-state index in [1.54, 1.807) is 12.4 Å². The van der Waals surface area contributed by atoms with E-state index in [1.165, 1.54) is 6.42 Å². The summed E-state index contributed by atoms with van der Waals surface area (Å²) < 4.78 is 0. The van der Waals surface area contributed by atoms with Crippen LogP contribution in [0, 0.1) is 5.92 Å². The standard InChI is InChI=1S/C11H17ClN4/c1-8-2-3-16(10(4-8)5-13)11-14-6-9(12)7-15-11/h6-8,10H,2-5,13H2,1H3. The third-order valence-corrected chi connectivity index (χ3v) is 3.31. The minimum atomic E-state index is 0.352. The Morgan fingerprint density at radius 3 is 2.81 bits per heavy atom. The largest absolute Gasteiger partial charge is 0.337 e. The van der Waals surface area contributed by atoms with Crippen molar-refractivity contribution in [1.29, 1.82) is 0 Å². The normalized spacial score (nSPS) is 25.8. The molecule has 1 saturated heterocycles. The summed E-state index contributed by atoms with van der Waals surface area (Å²) in [5.74, 6) is 1.48. The van der Waals surface area contributed by atoms with E-state index >= 15 is 0 Å². The summed E-state index contributed by atoms with van der Waals surface area (Å²) >= 11 is 5.78. The van der Waals surface area contributed by atoms with Crippen LogP contribution < -0.4 is 10.6 Å². The van der Waals surface area contributed by atoms with Crippen molar-refractivity contribution < 1.29 is 0 Å². The van der Waals surface area contributed by atoms with Gasteiger partial charge in [0, 0.05) is 19.1 Å². The highest BCUT2D eigenvalue weighted by atomic mass is 35.5. The molecule has 0 saturated carbocycles. The lowest BCUT2D eigenvalue weighted by Crippen LogP contribution is -2.47. The highest BCUT2D eigenvalue weighted by molar-refractivity contribution is 6.30. The fraction of sp³-hybridized carbons (Fsp3) is 0.636. The SMILES string of the molecule is CC1CCN(c2ncc(Cl)cn2)C(CN)C1. The van der Waals surface area contributed by atoms with Gasteiger partial charge in [0.2, 0.25) is 5.95 Å². The quantitative estimate of drug-likeness (QED) is 0.855. The van der Waals surface area contributed by atoms with Crippen LogP contribution in [0.3, 0.4) is 0 Å². The Labute approximate surface area is 101 Å². The summed E-state index contributed by atoms with van der Waals surface area (Å²) in [5.41, 5.74) is 5.80. The van der Waals surface area contributed by atoms with Gasteiger partial charge in [0.15, 0.2) is 0 Å².